The number of nitrogens with one attached hydrogen (secondary N) is 1. The first-order valence-corrected chi connectivity index (χ1v) is 14.3. The van der Waals surface area contributed by atoms with Crippen LogP contribution in [0.5, 0.6) is 0 Å². The van der Waals surface area contributed by atoms with Crippen molar-refractivity contribution in [3.63, 3.8) is 0 Å². The van der Waals surface area contributed by atoms with Crippen molar-refractivity contribution >= 4 is 21.8 Å². The number of benzene rings is 2. The Labute approximate surface area is 218 Å². The zero-order chi connectivity index (χ0) is 26.8. The number of carboxylic acid groups (broad SMARTS) is 1. The van der Waals surface area contributed by atoms with Crippen LogP contribution in [0.2, 0.25) is 6.04 Å². The third-order valence-electron chi connectivity index (χ3n) is 5.82. The number of aliphatic carboxylic acids is 1. The van der Waals surface area contributed by atoms with Crippen LogP contribution in [0, 0.1) is 11.3 Å². The molecule has 6 nitrogen and oxygen atoms in total. The first-order chi connectivity index (χ1) is 16.8. The third kappa shape index (κ3) is 11.9. The largest absolute Gasteiger partial charge is 0.481 e. The zero-order valence-electron chi connectivity index (χ0n) is 22.6. The average molecular weight is 514 g/mol. The van der Waals surface area contributed by atoms with Gasteiger partial charge in [-0.3, -0.25) is 4.79 Å². The van der Waals surface area contributed by atoms with Crippen molar-refractivity contribution in [3.8, 4) is 0 Å². The minimum atomic E-state index is -0.963. The maximum Gasteiger partial charge on any atom is 0.407 e. The van der Waals surface area contributed by atoms with Gasteiger partial charge in [-0.2, -0.15) is 0 Å². The van der Waals surface area contributed by atoms with Crippen molar-refractivity contribution in [2.45, 2.75) is 84.6 Å². The van der Waals surface area contributed by atoms with E-state index in [9.17, 15) is 14.7 Å². The molecule has 2 N–H and O–H groups in total. The second kappa shape index (κ2) is 13.6. The van der Waals surface area contributed by atoms with Gasteiger partial charge in [0.15, 0.2) is 9.76 Å². The zero-order valence-corrected chi connectivity index (χ0v) is 24.0. The normalized spacial score (nSPS) is 14.8. The number of carbonyl (C=O) groups is 2. The molecule has 36 heavy (non-hydrogen) atoms. The molecule has 0 aliphatic heterocycles. The molecule has 2 rings (SSSR count). The smallest absolute Gasteiger partial charge is 0.407 e. The molecule has 0 aliphatic rings. The van der Waals surface area contributed by atoms with Crippen LogP contribution in [0.1, 0.15) is 59.1 Å². The Bertz CT molecular complexity index is 938. The predicted octanol–water partition coefficient (Wildman–Crippen LogP) is 5.39. The second-order valence-corrected chi connectivity index (χ2v) is 12.9. The molecule has 0 heterocycles. The minimum Gasteiger partial charge on any atom is -0.481 e. The summed E-state index contributed by atoms with van der Waals surface area (Å²) < 4.78 is 12.1. The van der Waals surface area contributed by atoms with Crippen LogP contribution in [-0.4, -0.2) is 44.7 Å². The van der Waals surface area contributed by atoms with Gasteiger partial charge in [0, 0.05) is 0 Å². The van der Waals surface area contributed by atoms with Crippen LogP contribution in [-0.2, 0) is 26.8 Å². The van der Waals surface area contributed by atoms with E-state index in [0.29, 0.717) is 19.3 Å². The number of rotatable bonds is 12. The second-order valence-electron chi connectivity index (χ2n) is 11.6. The van der Waals surface area contributed by atoms with Crippen molar-refractivity contribution in [2.24, 2.45) is 11.3 Å². The molecular formula is C29H43NO5Si. The molecule has 0 saturated carbocycles. The van der Waals surface area contributed by atoms with Gasteiger partial charge in [0.25, 0.3) is 0 Å². The van der Waals surface area contributed by atoms with Crippen molar-refractivity contribution in [1.29, 1.82) is 0 Å². The van der Waals surface area contributed by atoms with Crippen LogP contribution in [0.15, 0.2) is 60.7 Å². The SMILES string of the molecule is CC(C)(C)C[SiH2]O[C@@H](C[C@@H](Cc1ccccc1)C(=O)O)[C@H](Cc1ccccc1)NC(=O)OC(C)(C)C. The fraction of sp³-hybridized carbons (Fsp3) is 0.517. The van der Waals surface area contributed by atoms with Gasteiger partial charge < -0.3 is 19.6 Å². The van der Waals surface area contributed by atoms with Crippen molar-refractivity contribution < 1.29 is 23.9 Å². The molecule has 0 unspecified atom stereocenters. The van der Waals surface area contributed by atoms with Crippen LogP contribution < -0.4 is 5.32 Å². The summed E-state index contributed by atoms with van der Waals surface area (Å²) in [7, 11) is -0.963. The highest BCUT2D eigenvalue weighted by atomic mass is 28.2. The van der Waals surface area contributed by atoms with Gasteiger partial charge in [0.2, 0.25) is 0 Å². The maximum atomic E-state index is 12.8. The fourth-order valence-corrected chi connectivity index (χ4v) is 5.32. The lowest BCUT2D eigenvalue weighted by Crippen LogP contribution is -2.49. The summed E-state index contributed by atoms with van der Waals surface area (Å²) in [5, 5.41) is 13.1. The van der Waals surface area contributed by atoms with Gasteiger partial charge in [-0.15, -0.1) is 0 Å². The Morgan fingerprint density at radius 1 is 0.889 bits per heavy atom. The van der Waals surface area contributed by atoms with E-state index in [1.54, 1.807) is 0 Å². The van der Waals surface area contributed by atoms with Gasteiger partial charge in [0.05, 0.1) is 18.1 Å². The quantitative estimate of drug-likeness (QED) is 0.372. The molecule has 2 aromatic carbocycles. The van der Waals surface area contributed by atoms with E-state index in [0.717, 1.165) is 17.2 Å². The molecule has 0 spiro atoms. The van der Waals surface area contributed by atoms with Crippen LogP contribution >= 0.6 is 0 Å². The topological polar surface area (TPSA) is 84.9 Å². The summed E-state index contributed by atoms with van der Waals surface area (Å²) >= 11 is 0. The highest BCUT2D eigenvalue weighted by Crippen LogP contribution is 2.24. The third-order valence-corrected chi connectivity index (χ3v) is 8.19. The van der Waals surface area contributed by atoms with E-state index in [-0.39, 0.29) is 5.41 Å². The van der Waals surface area contributed by atoms with E-state index in [1.165, 1.54) is 0 Å². The maximum absolute atomic E-state index is 12.8. The summed E-state index contributed by atoms with van der Waals surface area (Å²) in [4.78, 5) is 25.1. The molecule has 0 fully saturated rings. The Morgan fingerprint density at radius 3 is 1.89 bits per heavy atom. The summed E-state index contributed by atoms with van der Waals surface area (Å²) in [5.41, 5.74) is 1.49. The van der Waals surface area contributed by atoms with Crippen LogP contribution in [0.25, 0.3) is 0 Å². The highest BCUT2D eigenvalue weighted by molar-refractivity contribution is 6.27. The number of alkyl carbamates (subject to hydrolysis) is 1. The Morgan fingerprint density at radius 2 is 1.42 bits per heavy atom. The number of hydrogen-bond donors (Lipinski definition) is 2. The molecular weight excluding hydrogens is 470 g/mol. The summed E-state index contributed by atoms with van der Waals surface area (Å²) in [6.45, 7) is 12.0. The monoisotopic (exact) mass is 513 g/mol. The minimum absolute atomic E-state index is 0.126. The number of carboxylic acids is 1. The lowest BCUT2D eigenvalue weighted by atomic mass is 9.89. The Kier molecular flexibility index (Phi) is 11.2. The lowest BCUT2D eigenvalue weighted by molar-refractivity contribution is -0.142. The van der Waals surface area contributed by atoms with Gasteiger partial charge in [-0.05, 0) is 62.6 Å². The van der Waals surface area contributed by atoms with E-state index in [1.807, 2.05) is 81.4 Å². The molecule has 2 aromatic rings. The fourth-order valence-electron chi connectivity index (χ4n) is 3.92. The lowest BCUT2D eigenvalue weighted by Gasteiger charge is -2.32. The van der Waals surface area contributed by atoms with E-state index >= 15 is 0 Å². The van der Waals surface area contributed by atoms with E-state index < -0.39 is 45.5 Å². The van der Waals surface area contributed by atoms with Crippen LogP contribution in [0.4, 0.5) is 4.79 Å². The highest BCUT2D eigenvalue weighted by Gasteiger charge is 2.32. The van der Waals surface area contributed by atoms with Crippen LogP contribution in [0.3, 0.4) is 0 Å². The van der Waals surface area contributed by atoms with Crippen molar-refractivity contribution in [3.05, 3.63) is 71.8 Å². The number of carbonyl (C=O) groups excluding carboxylic acids is 1. The molecule has 1 amide bonds. The molecule has 0 saturated heterocycles. The number of amides is 1. The molecule has 0 aliphatic carbocycles. The van der Waals surface area contributed by atoms with Crippen molar-refractivity contribution in [2.75, 3.05) is 0 Å². The molecule has 3 atom stereocenters. The van der Waals surface area contributed by atoms with Gasteiger partial charge in [-0.25, -0.2) is 4.79 Å². The number of ether oxygens (including phenoxy) is 1. The predicted molar refractivity (Wildman–Crippen MR) is 147 cm³/mol. The molecule has 0 bridgehead atoms. The van der Waals surface area contributed by atoms with Gasteiger partial charge >= 0.3 is 12.1 Å². The Balaban J connectivity index is 2.32. The van der Waals surface area contributed by atoms with Crippen molar-refractivity contribution in [1.82, 2.24) is 5.32 Å². The van der Waals surface area contributed by atoms with E-state index in [4.69, 9.17) is 9.16 Å². The van der Waals surface area contributed by atoms with E-state index in [2.05, 4.69) is 26.1 Å². The molecule has 7 heteroatoms. The van der Waals surface area contributed by atoms with Gasteiger partial charge in [-0.1, -0.05) is 81.4 Å². The first-order valence-electron chi connectivity index (χ1n) is 12.7. The van der Waals surface area contributed by atoms with Gasteiger partial charge in [0.1, 0.15) is 5.60 Å². The molecule has 0 aromatic heterocycles. The first kappa shape index (κ1) is 29.6. The summed E-state index contributed by atoms with van der Waals surface area (Å²) in [5.74, 6) is -1.50. The number of hydrogen-bond acceptors (Lipinski definition) is 4. The Hall–Kier alpha value is -2.64. The summed E-state index contributed by atoms with van der Waals surface area (Å²) in [6.07, 6.45) is 0.253. The average Bonchev–Trinajstić information content (AvgIpc) is 2.76. The standard InChI is InChI=1S/C29H43NO5Si/c1-28(2,3)20-36-35-25(19-23(26(31)32)17-21-13-9-7-10-14-21)24(18-22-15-11-8-12-16-22)30-27(33)34-29(4,5)6/h7-16,23-25H,17-20,36H2,1-6H3,(H,30,33)(H,31,32)/t23-,24+,25+/m1/s1. The molecule has 0 radical (unpaired) electrons. The molecule has 198 valence electrons. The summed E-state index contributed by atoms with van der Waals surface area (Å²) in [6, 6.07) is 20.0.